The number of hydrogen-bond donors (Lipinski definition) is 5. The van der Waals surface area contributed by atoms with Gasteiger partial charge in [-0.15, -0.1) is 0 Å². The van der Waals surface area contributed by atoms with Crippen molar-refractivity contribution in [3.05, 3.63) is 71.3 Å². The highest BCUT2D eigenvalue weighted by atomic mass is 32.2. The Kier molecular flexibility index (Phi) is 11.4. The number of carbonyl (C=O) groups is 4. The number of benzene rings is 2. The first-order valence-electron chi connectivity index (χ1n) is 11.5. The van der Waals surface area contributed by atoms with Crippen LogP contribution in [-0.2, 0) is 41.5 Å². The van der Waals surface area contributed by atoms with E-state index in [0.29, 0.717) is 16.7 Å². The van der Waals surface area contributed by atoms with Crippen LogP contribution < -0.4 is 15.4 Å². The SMILES string of the molecule is N#Cc1ccc(CNC(=O)[C@H](CCC(=O)O)NC(=O)[C@@H](CCC(=O)O)NS(=O)(=O)Cc2ccccc2)cc1. The second-order valence-electron chi connectivity index (χ2n) is 8.37. The molecule has 0 aliphatic carbocycles. The summed E-state index contributed by atoms with van der Waals surface area (Å²) in [4.78, 5) is 48.0. The van der Waals surface area contributed by atoms with Crippen LogP contribution in [0.25, 0.3) is 0 Å². The number of carbonyl (C=O) groups excluding carboxylic acids is 2. The average molecular weight is 545 g/mol. The van der Waals surface area contributed by atoms with Crippen molar-refractivity contribution in [3.63, 3.8) is 0 Å². The van der Waals surface area contributed by atoms with E-state index in [4.69, 9.17) is 15.5 Å². The van der Waals surface area contributed by atoms with Crippen molar-refractivity contribution in [2.45, 2.75) is 50.1 Å². The predicted octanol–water partition coefficient (Wildman–Crippen LogP) is 0.877. The molecule has 0 unspecified atom stereocenters. The third-order valence-corrected chi connectivity index (χ3v) is 6.67. The van der Waals surface area contributed by atoms with Crippen LogP contribution in [0.2, 0.25) is 0 Å². The van der Waals surface area contributed by atoms with E-state index in [9.17, 15) is 27.6 Å². The van der Waals surface area contributed by atoms with Gasteiger partial charge in [0.1, 0.15) is 12.1 Å². The normalized spacial score (nSPS) is 12.5. The molecule has 0 aliphatic heterocycles. The van der Waals surface area contributed by atoms with Crippen molar-refractivity contribution >= 4 is 33.8 Å². The molecule has 0 spiro atoms. The van der Waals surface area contributed by atoms with Crippen molar-refractivity contribution in [2.24, 2.45) is 0 Å². The number of rotatable bonds is 15. The molecule has 2 rings (SSSR count). The van der Waals surface area contributed by atoms with Gasteiger partial charge in [-0.05, 0) is 36.1 Å². The van der Waals surface area contributed by atoms with Gasteiger partial charge in [0.25, 0.3) is 0 Å². The summed E-state index contributed by atoms with van der Waals surface area (Å²) < 4.78 is 27.6. The van der Waals surface area contributed by atoms with Crippen LogP contribution in [0.1, 0.15) is 42.4 Å². The lowest BCUT2D eigenvalue weighted by atomic mass is 10.1. The molecule has 38 heavy (non-hydrogen) atoms. The summed E-state index contributed by atoms with van der Waals surface area (Å²) in [6.45, 7) is 0.0239. The summed E-state index contributed by atoms with van der Waals surface area (Å²) in [5, 5.41) is 31.9. The topological polar surface area (TPSA) is 203 Å². The first kappa shape index (κ1) is 29.9. The molecule has 0 fully saturated rings. The fraction of sp³-hybridized carbons (Fsp3) is 0.320. The minimum Gasteiger partial charge on any atom is -0.481 e. The van der Waals surface area contributed by atoms with E-state index in [1.807, 2.05) is 6.07 Å². The van der Waals surface area contributed by atoms with Crippen LogP contribution in [0.15, 0.2) is 54.6 Å². The smallest absolute Gasteiger partial charge is 0.303 e. The second-order valence-corrected chi connectivity index (χ2v) is 10.1. The average Bonchev–Trinajstić information content (AvgIpc) is 2.87. The monoisotopic (exact) mass is 544 g/mol. The predicted molar refractivity (Wildman–Crippen MR) is 135 cm³/mol. The molecular formula is C25H28N4O8S. The van der Waals surface area contributed by atoms with E-state index in [1.165, 1.54) is 0 Å². The number of nitriles is 1. The second kappa shape index (κ2) is 14.5. The van der Waals surface area contributed by atoms with Gasteiger partial charge < -0.3 is 20.8 Å². The van der Waals surface area contributed by atoms with Crippen molar-refractivity contribution < 1.29 is 37.8 Å². The molecule has 0 aliphatic rings. The molecule has 13 heteroatoms. The quantitative estimate of drug-likeness (QED) is 0.216. The highest BCUT2D eigenvalue weighted by molar-refractivity contribution is 7.88. The van der Waals surface area contributed by atoms with Gasteiger partial charge >= 0.3 is 11.9 Å². The molecule has 202 valence electrons. The fourth-order valence-electron chi connectivity index (χ4n) is 3.38. The number of sulfonamides is 1. The van der Waals surface area contributed by atoms with Crippen molar-refractivity contribution in [2.75, 3.05) is 0 Å². The maximum Gasteiger partial charge on any atom is 0.303 e. The Morgan fingerprint density at radius 2 is 1.39 bits per heavy atom. The zero-order valence-electron chi connectivity index (χ0n) is 20.3. The molecular weight excluding hydrogens is 516 g/mol. The highest BCUT2D eigenvalue weighted by Crippen LogP contribution is 2.09. The van der Waals surface area contributed by atoms with Crippen LogP contribution in [0.3, 0.4) is 0 Å². The maximum absolute atomic E-state index is 13.0. The largest absolute Gasteiger partial charge is 0.481 e. The fourth-order valence-corrected chi connectivity index (χ4v) is 4.75. The van der Waals surface area contributed by atoms with Crippen LogP contribution >= 0.6 is 0 Å². The van der Waals surface area contributed by atoms with Gasteiger partial charge in [-0.2, -0.15) is 5.26 Å². The van der Waals surface area contributed by atoms with Gasteiger partial charge in [-0.1, -0.05) is 42.5 Å². The molecule has 2 aromatic carbocycles. The first-order chi connectivity index (χ1) is 18.0. The summed E-state index contributed by atoms with van der Waals surface area (Å²) in [7, 11) is -4.08. The number of carboxylic acids is 2. The summed E-state index contributed by atoms with van der Waals surface area (Å²) >= 11 is 0. The van der Waals surface area contributed by atoms with Gasteiger partial charge in [0, 0.05) is 19.4 Å². The zero-order valence-corrected chi connectivity index (χ0v) is 21.1. The summed E-state index contributed by atoms with van der Waals surface area (Å²) in [6, 6.07) is 13.6. The molecule has 2 amide bonds. The van der Waals surface area contributed by atoms with E-state index >= 15 is 0 Å². The molecule has 0 heterocycles. The van der Waals surface area contributed by atoms with Gasteiger partial charge in [-0.3, -0.25) is 19.2 Å². The Morgan fingerprint density at radius 3 is 1.95 bits per heavy atom. The van der Waals surface area contributed by atoms with Crippen molar-refractivity contribution in [3.8, 4) is 6.07 Å². The van der Waals surface area contributed by atoms with Gasteiger partial charge in [-0.25, -0.2) is 13.1 Å². The summed E-state index contributed by atoms with van der Waals surface area (Å²) in [6.07, 6.45) is -1.68. The van der Waals surface area contributed by atoms with Crippen LogP contribution in [-0.4, -0.2) is 54.5 Å². The minimum atomic E-state index is -4.08. The number of hydrogen-bond acceptors (Lipinski definition) is 7. The van der Waals surface area contributed by atoms with E-state index in [0.717, 1.165) is 0 Å². The van der Waals surface area contributed by atoms with E-state index in [1.54, 1.807) is 54.6 Å². The van der Waals surface area contributed by atoms with Crippen molar-refractivity contribution in [1.29, 1.82) is 5.26 Å². The third kappa shape index (κ3) is 10.8. The maximum atomic E-state index is 13.0. The Morgan fingerprint density at radius 1 is 0.816 bits per heavy atom. The van der Waals surface area contributed by atoms with Crippen LogP contribution in [0.4, 0.5) is 0 Å². The Bertz CT molecular complexity index is 1270. The summed E-state index contributed by atoms with van der Waals surface area (Å²) in [5.74, 6) is -4.61. The number of nitrogens with zero attached hydrogens (tertiary/aromatic N) is 1. The zero-order chi connectivity index (χ0) is 28.1. The Hall–Kier alpha value is -4.28. The van der Waals surface area contributed by atoms with Gasteiger partial charge in [0.2, 0.25) is 21.8 Å². The van der Waals surface area contributed by atoms with E-state index in [2.05, 4.69) is 15.4 Å². The minimum absolute atomic E-state index is 0.0239. The molecule has 0 saturated heterocycles. The molecule has 12 nitrogen and oxygen atoms in total. The van der Waals surface area contributed by atoms with Crippen LogP contribution in [0, 0.1) is 11.3 Å². The first-order valence-corrected chi connectivity index (χ1v) is 13.2. The number of aliphatic carboxylic acids is 2. The lowest BCUT2D eigenvalue weighted by molar-refractivity contribution is -0.139. The highest BCUT2D eigenvalue weighted by Gasteiger charge is 2.29. The Balaban J connectivity index is 2.14. The van der Waals surface area contributed by atoms with Gasteiger partial charge in [0.15, 0.2) is 0 Å². The number of nitrogens with one attached hydrogen (secondary N) is 3. The molecule has 0 bridgehead atoms. The van der Waals surface area contributed by atoms with E-state index in [-0.39, 0.29) is 13.0 Å². The molecule has 0 aromatic heterocycles. The van der Waals surface area contributed by atoms with Crippen molar-refractivity contribution in [1.82, 2.24) is 15.4 Å². The summed E-state index contributed by atoms with van der Waals surface area (Å²) in [5.41, 5.74) is 1.52. The molecule has 0 saturated carbocycles. The molecule has 2 aromatic rings. The molecule has 5 N–H and O–H groups in total. The molecule has 2 atom stereocenters. The lowest BCUT2D eigenvalue weighted by Crippen LogP contribution is -2.54. The van der Waals surface area contributed by atoms with Gasteiger partial charge in [0.05, 0.1) is 17.4 Å². The number of amides is 2. The Labute approximate surface area is 219 Å². The van der Waals surface area contributed by atoms with Crippen LogP contribution in [0.5, 0.6) is 0 Å². The lowest BCUT2D eigenvalue weighted by Gasteiger charge is -2.23. The molecule has 0 radical (unpaired) electrons. The third-order valence-electron chi connectivity index (χ3n) is 5.31. The van der Waals surface area contributed by atoms with E-state index < -0.39 is 70.9 Å². The number of carboxylic acid groups (broad SMARTS) is 2. The standard InChI is InChI=1S/C25H28N4O8S/c26-14-17-6-8-18(9-7-17)15-27-24(34)20(10-12-22(30)31)28-25(35)21(11-13-23(32)33)29-38(36,37)16-19-4-2-1-3-5-19/h1-9,20-21,29H,10-13,15-16H2,(H,27,34)(H,28,35)(H,30,31)(H,32,33)/t20-,21+/m0/s1.